The Bertz CT molecular complexity index is 1220. The van der Waals surface area contributed by atoms with E-state index in [2.05, 4.69) is 64.3 Å². The molecule has 4 aromatic rings. The summed E-state index contributed by atoms with van der Waals surface area (Å²) in [6.45, 7) is 6.98. The van der Waals surface area contributed by atoms with Gasteiger partial charge in [0.1, 0.15) is 17.4 Å². The number of nitrogens with one attached hydrogen (secondary N) is 2. The van der Waals surface area contributed by atoms with E-state index in [1.807, 2.05) is 27.0 Å². The lowest BCUT2D eigenvalue weighted by Gasteiger charge is -2.16. The van der Waals surface area contributed by atoms with Gasteiger partial charge in [0, 0.05) is 16.8 Å². The topological polar surface area (TPSA) is 59.1 Å². The monoisotopic (exact) mass is 432 g/mol. The van der Waals surface area contributed by atoms with Gasteiger partial charge in [0.2, 0.25) is 0 Å². The van der Waals surface area contributed by atoms with Crippen molar-refractivity contribution in [2.75, 3.05) is 19.5 Å². The van der Waals surface area contributed by atoms with Crippen LogP contribution in [0.25, 0.3) is 22.0 Å². The van der Waals surface area contributed by atoms with Gasteiger partial charge in [0.25, 0.3) is 0 Å². The van der Waals surface area contributed by atoms with Crippen LogP contribution in [0.15, 0.2) is 47.8 Å². The van der Waals surface area contributed by atoms with E-state index in [-0.39, 0.29) is 6.04 Å². The highest BCUT2D eigenvalue weighted by atomic mass is 32.1. The Balaban J connectivity index is 1.65. The first-order chi connectivity index (χ1) is 15.0. The number of rotatable bonds is 7. The molecule has 0 aliphatic carbocycles. The van der Waals surface area contributed by atoms with Crippen molar-refractivity contribution >= 4 is 28.1 Å². The maximum Gasteiger partial charge on any atom is 0.138 e. The largest absolute Gasteiger partial charge is 0.496 e. The van der Waals surface area contributed by atoms with Crippen LogP contribution in [0.4, 0.5) is 5.82 Å². The Hall–Kier alpha value is -2.96. The van der Waals surface area contributed by atoms with Crippen LogP contribution in [0.5, 0.6) is 5.75 Å². The number of ether oxygens (including phenoxy) is 1. The van der Waals surface area contributed by atoms with Crippen LogP contribution in [0.1, 0.15) is 34.8 Å². The van der Waals surface area contributed by atoms with Crippen LogP contribution in [0.2, 0.25) is 0 Å². The number of hydrogen-bond donors (Lipinski definition) is 2. The minimum absolute atomic E-state index is 0.111. The molecule has 1 unspecified atom stereocenters. The summed E-state index contributed by atoms with van der Waals surface area (Å²) in [5, 5.41) is 10.1. The lowest BCUT2D eigenvalue weighted by atomic mass is 10.0. The maximum absolute atomic E-state index is 5.52. The second-order valence-corrected chi connectivity index (χ2v) is 8.69. The molecule has 0 spiro atoms. The van der Waals surface area contributed by atoms with Crippen molar-refractivity contribution in [3.8, 4) is 16.9 Å². The van der Waals surface area contributed by atoms with Crippen molar-refractivity contribution in [1.82, 2.24) is 15.3 Å². The molecule has 2 aromatic heterocycles. The zero-order chi connectivity index (χ0) is 22.0. The van der Waals surface area contributed by atoms with Gasteiger partial charge in [0.05, 0.1) is 18.7 Å². The van der Waals surface area contributed by atoms with Crippen LogP contribution in [-0.4, -0.2) is 24.1 Å². The van der Waals surface area contributed by atoms with E-state index in [1.165, 1.54) is 21.6 Å². The Morgan fingerprint density at radius 2 is 1.90 bits per heavy atom. The highest BCUT2D eigenvalue weighted by molar-refractivity contribution is 7.10. The molecule has 0 saturated carbocycles. The van der Waals surface area contributed by atoms with Crippen molar-refractivity contribution in [3.63, 3.8) is 0 Å². The average Bonchev–Trinajstić information content (AvgIpc) is 3.24. The van der Waals surface area contributed by atoms with E-state index in [9.17, 15) is 0 Å². The van der Waals surface area contributed by atoms with Gasteiger partial charge in [-0.05, 0) is 73.7 Å². The molecule has 0 aliphatic rings. The molecular weight excluding hydrogens is 404 g/mol. The molecule has 2 heterocycles. The Kier molecular flexibility index (Phi) is 6.20. The summed E-state index contributed by atoms with van der Waals surface area (Å²) in [6, 6.07) is 15.0. The summed E-state index contributed by atoms with van der Waals surface area (Å²) in [4.78, 5) is 10.6. The fraction of sp³-hybridized carbons (Fsp3) is 0.280. The minimum Gasteiger partial charge on any atom is -0.496 e. The molecule has 0 saturated heterocycles. The third-order valence-electron chi connectivity index (χ3n) is 5.42. The second-order valence-electron chi connectivity index (χ2n) is 7.75. The zero-order valence-corrected chi connectivity index (χ0v) is 19.4. The summed E-state index contributed by atoms with van der Waals surface area (Å²) < 4.78 is 5.52. The summed E-state index contributed by atoms with van der Waals surface area (Å²) in [6.07, 6.45) is 0. The summed E-state index contributed by atoms with van der Waals surface area (Å²) in [5.74, 6) is 2.42. The standard InChI is InChI=1S/C25H28N4OS/c1-15-10-22-21(12-23(15)30-5)25(29-17(3)28-22)27-16(2)24-11-19(14-31-24)20-9-7-6-8-18(20)13-26-4/h6-12,14,16,26H,13H2,1-5H3,(H,27,28,29). The molecule has 4 rings (SSSR count). The van der Waals surface area contributed by atoms with Crippen molar-refractivity contribution < 1.29 is 4.74 Å². The van der Waals surface area contributed by atoms with Gasteiger partial charge in [-0.25, -0.2) is 9.97 Å². The van der Waals surface area contributed by atoms with E-state index in [0.29, 0.717) is 0 Å². The molecule has 2 N–H and O–H groups in total. The van der Waals surface area contributed by atoms with Gasteiger partial charge in [-0.1, -0.05) is 24.3 Å². The van der Waals surface area contributed by atoms with Crippen molar-refractivity contribution in [2.45, 2.75) is 33.4 Å². The van der Waals surface area contributed by atoms with E-state index in [4.69, 9.17) is 9.72 Å². The highest BCUT2D eigenvalue weighted by Gasteiger charge is 2.15. The first-order valence-corrected chi connectivity index (χ1v) is 11.3. The second kappa shape index (κ2) is 9.04. The van der Waals surface area contributed by atoms with Crippen molar-refractivity contribution in [3.05, 3.63) is 69.7 Å². The van der Waals surface area contributed by atoms with Gasteiger partial charge >= 0.3 is 0 Å². The number of aryl methyl sites for hydroxylation is 2. The smallest absolute Gasteiger partial charge is 0.138 e. The van der Waals surface area contributed by atoms with Crippen LogP contribution >= 0.6 is 11.3 Å². The van der Waals surface area contributed by atoms with Crippen LogP contribution in [-0.2, 0) is 6.54 Å². The van der Waals surface area contributed by atoms with Gasteiger partial charge in [-0.3, -0.25) is 0 Å². The predicted octanol–water partition coefficient (Wildman–Crippen LogP) is 5.88. The minimum atomic E-state index is 0.111. The van der Waals surface area contributed by atoms with E-state index in [1.54, 1.807) is 18.4 Å². The normalized spacial score (nSPS) is 12.2. The number of nitrogens with zero attached hydrogens (tertiary/aromatic N) is 2. The van der Waals surface area contributed by atoms with Gasteiger partial charge < -0.3 is 15.4 Å². The molecule has 5 nitrogen and oxygen atoms in total. The Morgan fingerprint density at radius 1 is 1.10 bits per heavy atom. The molecule has 0 radical (unpaired) electrons. The van der Waals surface area contributed by atoms with Crippen molar-refractivity contribution in [2.24, 2.45) is 0 Å². The number of methoxy groups -OCH3 is 1. The van der Waals surface area contributed by atoms with Gasteiger partial charge in [-0.15, -0.1) is 11.3 Å². The molecule has 0 amide bonds. The molecule has 1 atom stereocenters. The summed E-state index contributed by atoms with van der Waals surface area (Å²) in [7, 11) is 3.67. The molecule has 2 aromatic carbocycles. The van der Waals surface area contributed by atoms with Crippen LogP contribution in [0, 0.1) is 13.8 Å². The molecule has 0 aliphatic heterocycles. The van der Waals surface area contributed by atoms with Gasteiger partial charge in [0.15, 0.2) is 0 Å². The summed E-state index contributed by atoms with van der Waals surface area (Å²) in [5.41, 5.74) is 5.81. The number of benzene rings is 2. The molecule has 0 fully saturated rings. The fourth-order valence-corrected chi connectivity index (χ4v) is 4.77. The van der Waals surface area contributed by atoms with Crippen LogP contribution < -0.4 is 15.4 Å². The van der Waals surface area contributed by atoms with Gasteiger partial charge in [-0.2, -0.15) is 0 Å². The number of aromatic nitrogens is 2. The predicted molar refractivity (Wildman–Crippen MR) is 130 cm³/mol. The Labute approximate surface area is 187 Å². The fourth-order valence-electron chi connectivity index (χ4n) is 3.85. The van der Waals surface area contributed by atoms with Crippen LogP contribution in [0.3, 0.4) is 0 Å². The maximum atomic E-state index is 5.52. The number of hydrogen-bond acceptors (Lipinski definition) is 6. The molecule has 31 heavy (non-hydrogen) atoms. The van der Waals surface area contributed by atoms with E-state index >= 15 is 0 Å². The van der Waals surface area contributed by atoms with E-state index in [0.717, 1.165) is 40.4 Å². The first kappa shape index (κ1) is 21.3. The highest BCUT2D eigenvalue weighted by Crippen LogP contribution is 2.34. The quantitative estimate of drug-likeness (QED) is 0.382. The molecule has 160 valence electrons. The lowest BCUT2D eigenvalue weighted by Crippen LogP contribution is -2.08. The molecule has 6 heteroatoms. The third-order valence-corrected chi connectivity index (χ3v) is 6.53. The average molecular weight is 433 g/mol. The van der Waals surface area contributed by atoms with E-state index < -0.39 is 0 Å². The van der Waals surface area contributed by atoms with Crippen molar-refractivity contribution in [1.29, 1.82) is 0 Å². The zero-order valence-electron chi connectivity index (χ0n) is 18.6. The number of anilines is 1. The molecular formula is C25H28N4OS. The lowest BCUT2D eigenvalue weighted by molar-refractivity contribution is 0.412. The third kappa shape index (κ3) is 4.40. The molecule has 0 bridgehead atoms. The Morgan fingerprint density at radius 3 is 2.68 bits per heavy atom. The number of fused-ring (bicyclic) bond motifs is 1. The first-order valence-electron chi connectivity index (χ1n) is 10.4. The SMILES string of the molecule is CNCc1ccccc1-c1csc(C(C)Nc2nc(C)nc3cc(C)c(OC)cc23)c1. The number of thiophene rings is 1. The summed E-state index contributed by atoms with van der Waals surface area (Å²) >= 11 is 1.77.